The average molecular weight is 477 g/mol. The number of amides is 1. The molecule has 1 saturated heterocycles. The second-order valence-electron chi connectivity index (χ2n) is 6.22. The van der Waals surface area contributed by atoms with Crippen LogP contribution >= 0.6 is 28.1 Å². The van der Waals surface area contributed by atoms with E-state index in [1.807, 2.05) is 26.0 Å². The zero-order chi connectivity index (χ0) is 21.1. The minimum Gasteiger partial charge on any atom is -0.503 e. The maximum atomic E-state index is 13.1. The number of likely N-dealkylation sites (N-methyl/N-ethyl adjacent to an activating group) is 1. The summed E-state index contributed by atoms with van der Waals surface area (Å²) in [7, 11) is 1.75. The van der Waals surface area contributed by atoms with Gasteiger partial charge in [-0.1, -0.05) is 0 Å². The van der Waals surface area contributed by atoms with Crippen molar-refractivity contribution >= 4 is 50.9 Å². The zero-order valence-electron chi connectivity index (χ0n) is 16.3. The summed E-state index contributed by atoms with van der Waals surface area (Å²) >= 11 is 8.82. The largest absolute Gasteiger partial charge is 0.503 e. The number of carbonyl (C=O) groups is 1. The molecule has 29 heavy (non-hydrogen) atoms. The number of ether oxygens (including phenoxy) is 2. The summed E-state index contributed by atoms with van der Waals surface area (Å²) in [6.07, 6.45) is 1.72. The molecule has 1 aliphatic heterocycles. The Morgan fingerprint density at radius 1 is 1.14 bits per heavy atom. The molecule has 8 heteroatoms. The Labute approximate surface area is 183 Å². The van der Waals surface area contributed by atoms with E-state index in [9.17, 15) is 9.90 Å². The Balaban J connectivity index is 1.95. The standard InChI is InChI=1S/C21H21BrN2O4S/c1-4-27-15-8-6-14(7-9-15)24-20(26)17(23(3)21(24)29)11-13-10-16(22)19(25)18(12-13)28-5-2/h6-12,25H,4-5H2,1-3H3/b17-11-. The van der Waals surface area contributed by atoms with Crippen molar-refractivity contribution in [2.24, 2.45) is 0 Å². The predicted octanol–water partition coefficient (Wildman–Crippen LogP) is 4.56. The third-order valence-corrected chi connectivity index (χ3v) is 5.38. The molecule has 0 radical (unpaired) electrons. The molecular formula is C21H21BrN2O4S. The van der Waals surface area contributed by atoms with E-state index < -0.39 is 0 Å². The first-order valence-corrected chi connectivity index (χ1v) is 10.3. The summed E-state index contributed by atoms with van der Waals surface area (Å²) in [5, 5.41) is 10.5. The van der Waals surface area contributed by atoms with Gasteiger partial charge in [-0.05, 0) is 90.0 Å². The Kier molecular flexibility index (Phi) is 6.44. The van der Waals surface area contributed by atoms with Crippen molar-refractivity contribution in [2.75, 3.05) is 25.2 Å². The average Bonchev–Trinajstić information content (AvgIpc) is 2.90. The van der Waals surface area contributed by atoms with Crippen molar-refractivity contribution < 1.29 is 19.4 Å². The lowest BCUT2D eigenvalue weighted by molar-refractivity contribution is -0.114. The van der Waals surface area contributed by atoms with Gasteiger partial charge >= 0.3 is 0 Å². The number of nitrogens with zero attached hydrogens (tertiary/aromatic N) is 2. The molecule has 0 saturated carbocycles. The van der Waals surface area contributed by atoms with Crippen LogP contribution in [0.3, 0.4) is 0 Å². The van der Waals surface area contributed by atoms with Gasteiger partial charge in [0.15, 0.2) is 16.6 Å². The first-order chi connectivity index (χ1) is 13.9. The normalized spacial score (nSPS) is 15.4. The molecule has 1 aliphatic rings. The van der Waals surface area contributed by atoms with Gasteiger partial charge in [0, 0.05) is 7.05 Å². The predicted molar refractivity (Wildman–Crippen MR) is 120 cm³/mol. The lowest BCUT2D eigenvalue weighted by Gasteiger charge is -2.16. The summed E-state index contributed by atoms with van der Waals surface area (Å²) in [5.41, 5.74) is 1.79. The lowest BCUT2D eigenvalue weighted by atomic mass is 10.1. The van der Waals surface area contributed by atoms with Crippen molar-refractivity contribution in [3.8, 4) is 17.2 Å². The Morgan fingerprint density at radius 2 is 1.79 bits per heavy atom. The molecule has 6 nitrogen and oxygen atoms in total. The monoisotopic (exact) mass is 476 g/mol. The number of carbonyl (C=O) groups excluding carboxylic acids is 1. The van der Waals surface area contributed by atoms with Crippen molar-refractivity contribution in [1.82, 2.24) is 4.90 Å². The third-order valence-electron chi connectivity index (χ3n) is 4.32. The molecular weight excluding hydrogens is 456 g/mol. The Bertz CT molecular complexity index is 975. The van der Waals surface area contributed by atoms with Crippen LogP contribution in [0.5, 0.6) is 17.2 Å². The number of thiocarbonyl (C=S) groups is 1. The quantitative estimate of drug-likeness (QED) is 0.487. The van der Waals surface area contributed by atoms with Crippen LogP contribution in [0.15, 0.2) is 46.6 Å². The summed E-state index contributed by atoms with van der Waals surface area (Å²) in [6, 6.07) is 10.6. The second-order valence-corrected chi connectivity index (χ2v) is 7.44. The van der Waals surface area contributed by atoms with Gasteiger partial charge in [-0.3, -0.25) is 9.69 Å². The fraction of sp³-hybridized carbons (Fsp3) is 0.238. The van der Waals surface area contributed by atoms with Crippen molar-refractivity contribution in [2.45, 2.75) is 13.8 Å². The molecule has 0 aromatic heterocycles. The van der Waals surface area contributed by atoms with E-state index in [-0.39, 0.29) is 11.7 Å². The third kappa shape index (κ3) is 4.23. The first kappa shape index (κ1) is 21.1. The highest BCUT2D eigenvalue weighted by Crippen LogP contribution is 2.37. The van der Waals surface area contributed by atoms with E-state index in [4.69, 9.17) is 21.7 Å². The molecule has 1 N–H and O–H groups in total. The van der Waals surface area contributed by atoms with Crippen LogP contribution in [0.4, 0.5) is 5.69 Å². The van der Waals surface area contributed by atoms with Crippen LogP contribution in [0.25, 0.3) is 6.08 Å². The van der Waals surface area contributed by atoms with Crippen LogP contribution in [0.2, 0.25) is 0 Å². The summed E-state index contributed by atoms with van der Waals surface area (Å²) in [4.78, 5) is 16.3. The minimum atomic E-state index is -0.233. The highest BCUT2D eigenvalue weighted by atomic mass is 79.9. The van der Waals surface area contributed by atoms with E-state index in [2.05, 4.69) is 15.9 Å². The van der Waals surface area contributed by atoms with Crippen molar-refractivity contribution in [3.63, 3.8) is 0 Å². The Hall–Kier alpha value is -2.58. The van der Waals surface area contributed by atoms with E-state index >= 15 is 0 Å². The van der Waals surface area contributed by atoms with E-state index in [1.54, 1.807) is 42.3 Å². The van der Waals surface area contributed by atoms with Crippen LogP contribution in [-0.4, -0.2) is 41.3 Å². The molecule has 3 rings (SSSR count). The number of rotatable bonds is 6. The fourth-order valence-corrected chi connectivity index (χ4v) is 3.69. The molecule has 152 valence electrons. The Morgan fingerprint density at radius 3 is 2.41 bits per heavy atom. The molecule has 2 aromatic carbocycles. The van der Waals surface area contributed by atoms with Crippen LogP contribution < -0.4 is 14.4 Å². The van der Waals surface area contributed by atoms with Gasteiger partial charge in [-0.25, -0.2) is 0 Å². The van der Waals surface area contributed by atoms with Gasteiger partial charge in [0.25, 0.3) is 5.91 Å². The lowest BCUT2D eigenvalue weighted by Crippen LogP contribution is -2.31. The van der Waals surface area contributed by atoms with Crippen molar-refractivity contribution in [1.29, 1.82) is 0 Å². The second kappa shape index (κ2) is 8.84. The fourth-order valence-electron chi connectivity index (χ4n) is 2.94. The highest BCUT2D eigenvalue weighted by molar-refractivity contribution is 9.10. The number of hydrogen-bond donors (Lipinski definition) is 1. The molecule has 1 fully saturated rings. The van der Waals surface area contributed by atoms with Crippen LogP contribution in [-0.2, 0) is 4.79 Å². The molecule has 0 atom stereocenters. The molecule has 0 spiro atoms. The molecule has 2 aromatic rings. The van der Waals surface area contributed by atoms with Gasteiger partial charge in [-0.2, -0.15) is 0 Å². The minimum absolute atomic E-state index is 0.0200. The van der Waals surface area contributed by atoms with Gasteiger partial charge in [-0.15, -0.1) is 0 Å². The van der Waals surface area contributed by atoms with Crippen molar-refractivity contribution in [3.05, 3.63) is 52.1 Å². The van der Waals surface area contributed by atoms with Crippen LogP contribution in [0, 0.1) is 0 Å². The highest BCUT2D eigenvalue weighted by Gasteiger charge is 2.36. The molecule has 0 unspecified atom stereocenters. The van der Waals surface area contributed by atoms with Gasteiger partial charge < -0.3 is 19.5 Å². The summed E-state index contributed by atoms with van der Waals surface area (Å²) < 4.78 is 11.4. The molecule has 1 amide bonds. The van der Waals surface area contributed by atoms with Gasteiger partial charge in [0.2, 0.25) is 0 Å². The van der Waals surface area contributed by atoms with Crippen LogP contribution in [0.1, 0.15) is 19.4 Å². The smallest absolute Gasteiger partial charge is 0.281 e. The number of phenols is 1. The number of hydrogen-bond acceptors (Lipinski definition) is 5. The number of benzene rings is 2. The topological polar surface area (TPSA) is 62.2 Å². The number of anilines is 1. The van der Waals surface area contributed by atoms with Gasteiger partial charge in [0.1, 0.15) is 11.4 Å². The molecule has 0 aliphatic carbocycles. The maximum Gasteiger partial charge on any atom is 0.281 e. The van der Waals surface area contributed by atoms with Gasteiger partial charge in [0.05, 0.1) is 23.4 Å². The molecule has 0 bridgehead atoms. The van der Waals surface area contributed by atoms with E-state index in [0.717, 1.165) is 5.75 Å². The zero-order valence-corrected chi connectivity index (χ0v) is 18.7. The number of phenolic OH excluding ortho intramolecular Hbond substituents is 1. The summed E-state index contributed by atoms with van der Waals surface area (Å²) in [5.74, 6) is 0.860. The maximum absolute atomic E-state index is 13.1. The van der Waals surface area contributed by atoms with E-state index in [0.29, 0.717) is 45.5 Å². The molecule has 1 heterocycles. The SMILES string of the molecule is CCOc1ccc(N2C(=O)/C(=C/c3cc(Br)c(O)c(OCC)c3)N(C)C2=S)cc1. The summed E-state index contributed by atoms with van der Waals surface area (Å²) in [6.45, 7) is 4.73. The van der Waals surface area contributed by atoms with E-state index in [1.165, 1.54) is 4.90 Å². The first-order valence-electron chi connectivity index (χ1n) is 9.09. The number of halogens is 1. The number of aromatic hydroxyl groups is 1.